The molecular formula is C14H28ClN3O2. The molecule has 6 heteroatoms. The average molecular weight is 306 g/mol. The maximum Gasteiger partial charge on any atom is 0.223 e. The Morgan fingerprint density at radius 3 is 2.45 bits per heavy atom. The van der Waals surface area contributed by atoms with Crippen LogP contribution < -0.4 is 10.6 Å². The standard InChI is InChI=1S/C14H27N3O2.ClH/c1-11(12-4-7-15-8-5-12)10-13(18)16-9-6-14(19)17(2)3;/h11-12,15H,4-10H2,1-3H3,(H,16,18);1H. The van der Waals surface area contributed by atoms with E-state index in [1.807, 2.05) is 0 Å². The van der Waals surface area contributed by atoms with Gasteiger partial charge >= 0.3 is 0 Å². The van der Waals surface area contributed by atoms with Crippen LogP contribution >= 0.6 is 12.4 Å². The van der Waals surface area contributed by atoms with Gasteiger partial charge in [0.25, 0.3) is 0 Å². The van der Waals surface area contributed by atoms with Gasteiger partial charge in [-0.1, -0.05) is 6.92 Å². The van der Waals surface area contributed by atoms with Crippen molar-refractivity contribution in [3.05, 3.63) is 0 Å². The molecule has 0 aromatic heterocycles. The fourth-order valence-electron chi connectivity index (χ4n) is 2.48. The number of nitrogens with zero attached hydrogens (tertiary/aromatic N) is 1. The lowest BCUT2D eigenvalue weighted by Gasteiger charge is -2.27. The maximum absolute atomic E-state index is 11.8. The lowest BCUT2D eigenvalue weighted by molar-refractivity contribution is -0.128. The number of halogens is 1. The molecule has 5 nitrogen and oxygen atoms in total. The van der Waals surface area contributed by atoms with Crippen LogP contribution in [0.25, 0.3) is 0 Å². The number of piperidine rings is 1. The van der Waals surface area contributed by atoms with Gasteiger partial charge in [-0.15, -0.1) is 12.4 Å². The van der Waals surface area contributed by atoms with Crippen molar-refractivity contribution in [2.45, 2.75) is 32.6 Å². The molecule has 20 heavy (non-hydrogen) atoms. The summed E-state index contributed by atoms with van der Waals surface area (Å²) in [5.41, 5.74) is 0. The first-order valence-corrected chi connectivity index (χ1v) is 7.18. The van der Waals surface area contributed by atoms with E-state index >= 15 is 0 Å². The molecule has 1 fully saturated rings. The van der Waals surface area contributed by atoms with Crippen molar-refractivity contribution in [3.8, 4) is 0 Å². The number of nitrogens with one attached hydrogen (secondary N) is 2. The first-order chi connectivity index (χ1) is 9.00. The van der Waals surface area contributed by atoms with Gasteiger partial charge in [0.2, 0.25) is 11.8 Å². The Labute approximate surface area is 128 Å². The SMILES string of the molecule is CC(CC(=O)NCCC(=O)N(C)C)C1CCNCC1.Cl. The van der Waals surface area contributed by atoms with Crippen LogP contribution in [-0.2, 0) is 9.59 Å². The zero-order valence-electron chi connectivity index (χ0n) is 12.8. The Morgan fingerprint density at radius 1 is 1.30 bits per heavy atom. The Morgan fingerprint density at radius 2 is 1.90 bits per heavy atom. The summed E-state index contributed by atoms with van der Waals surface area (Å²) in [7, 11) is 3.45. The van der Waals surface area contributed by atoms with Crippen molar-refractivity contribution in [1.29, 1.82) is 0 Å². The summed E-state index contributed by atoms with van der Waals surface area (Å²) in [6.45, 7) is 4.72. The molecule has 0 spiro atoms. The third kappa shape index (κ3) is 7.10. The summed E-state index contributed by atoms with van der Waals surface area (Å²) in [6, 6.07) is 0. The van der Waals surface area contributed by atoms with Gasteiger partial charge in [0.05, 0.1) is 0 Å². The van der Waals surface area contributed by atoms with Crippen LogP contribution in [0.2, 0.25) is 0 Å². The molecule has 2 N–H and O–H groups in total. The highest BCUT2D eigenvalue weighted by Crippen LogP contribution is 2.23. The molecule has 1 unspecified atom stereocenters. The fraction of sp³-hybridized carbons (Fsp3) is 0.857. The van der Waals surface area contributed by atoms with Crippen molar-refractivity contribution in [3.63, 3.8) is 0 Å². The predicted molar refractivity (Wildman–Crippen MR) is 82.9 cm³/mol. The number of amides is 2. The number of hydrogen-bond donors (Lipinski definition) is 2. The highest BCUT2D eigenvalue weighted by Gasteiger charge is 2.21. The normalized spacial score (nSPS) is 16.9. The van der Waals surface area contributed by atoms with Gasteiger partial charge in [-0.2, -0.15) is 0 Å². The molecule has 1 atom stereocenters. The lowest BCUT2D eigenvalue weighted by atomic mass is 9.84. The topological polar surface area (TPSA) is 61.4 Å². The van der Waals surface area contributed by atoms with Crippen LogP contribution in [-0.4, -0.2) is 50.4 Å². The number of rotatable bonds is 6. The smallest absolute Gasteiger partial charge is 0.223 e. The van der Waals surface area contributed by atoms with Crippen LogP contribution in [0.15, 0.2) is 0 Å². The van der Waals surface area contributed by atoms with E-state index < -0.39 is 0 Å². The van der Waals surface area contributed by atoms with Gasteiger partial charge in [0, 0.05) is 33.5 Å². The minimum absolute atomic E-state index is 0. The molecule has 1 heterocycles. The molecule has 0 radical (unpaired) electrons. The van der Waals surface area contributed by atoms with Crippen LogP contribution in [0.4, 0.5) is 0 Å². The Hall–Kier alpha value is -0.810. The molecule has 0 aliphatic carbocycles. The quantitative estimate of drug-likeness (QED) is 0.770. The van der Waals surface area contributed by atoms with Gasteiger partial charge in [0.15, 0.2) is 0 Å². The van der Waals surface area contributed by atoms with Gasteiger partial charge in [-0.05, 0) is 37.8 Å². The zero-order chi connectivity index (χ0) is 14.3. The predicted octanol–water partition coefficient (Wildman–Crippen LogP) is 1.03. The van der Waals surface area contributed by atoms with Crippen molar-refractivity contribution in [2.24, 2.45) is 11.8 Å². The van der Waals surface area contributed by atoms with Gasteiger partial charge in [0.1, 0.15) is 0 Å². The number of carbonyl (C=O) groups is 2. The summed E-state index contributed by atoms with van der Waals surface area (Å²) in [5.74, 6) is 1.19. The molecule has 0 bridgehead atoms. The number of hydrogen-bond acceptors (Lipinski definition) is 3. The summed E-state index contributed by atoms with van der Waals surface area (Å²) < 4.78 is 0. The maximum atomic E-state index is 11.8. The third-order valence-electron chi connectivity index (χ3n) is 3.86. The van der Waals surface area contributed by atoms with Crippen molar-refractivity contribution in [2.75, 3.05) is 33.7 Å². The average Bonchev–Trinajstić information content (AvgIpc) is 2.39. The number of carbonyl (C=O) groups excluding carboxylic acids is 2. The minimum Gasteiger partial charge on any atom is -0.356 e. The van der Waals surface area contributed by atoms with Gasteiger partial charge in [-0.3, -0.25) is 9.59 Å². The van der Waals surface area contributed by atoms with Gasteiger partial charge in [-0.25, -0.2) is 0 Å². The molecule has 2 amide bonds. The first-order valence-electron chi connectivity index (χ1n) is 7.18. The van der Waals surface area contributed by atoms with E-state index in [0.29, 0.717) is 31.2 Å². The van der Waals surface area contributed by atoms with Crippen LogP contribution in [0.3, 0.4) is 0 Å². The Balaban J connectivity index is 0.00000361. The lowest BCUT2D eigenvalue weighted by Crippen LogP contribution is -2.34. The molecule has 1 saturated heterocycles. The summed E-state index contributed by atoms with van der Waals surface area (Å²) >= 11 is 0. The second-order valence-electron chi connectivity index (χ2n) is 5.66. The van der Waals surface area contributed by atoms with E-state index in [-0.39, 0.29) is 24.2 Å². The highest BCUT2D eigenvalue weighted by atomic mass is 35.5. The van der Waals surface area contributed by atoms with E-state index in [1.54, 1.807) is 19.0 Å². The molecular weight excluding hydrogens is 278 g/mol. The molecule has 1 aliphatic heterocycles. The third-order valence-corrected chi connectivity index (χ3v) is 3.86. The molecule has 118 valence electrons. The Bertz CT molecular complexity index is 305. The molecule has 1 aliphatic rings. The highest BCUT2D eigenvalue weighted by molar-refractivity contribution is 5.85. The monoisotopic (exact) mass is 305 g/mol. The fourth-order valence-corrected chi connectivity index (χ4v) is 2.48. The van der Waals surface area contributed by atoms with E-state index in [9.17, 15) is 9.59 Å². The van der Waals surface area contributed by atoms with E-state index in [1.165, 1.54) is 0 Å². The van der Waals surface area contributed by atoms with Crippen LogP contribution in [0.5, 0.6) is 0 Å². The van der Waals surface area contributed by atoms with Crippen molar-refractivity contribution < 1.29 is 9.59 Å². The van der Waals surface area contributed by atoms with E-state index in [0.717, 1.165) is 25.9 Å². The molecule has 0 aromatic rings. The second kappa shape index (κ2) is 10.00. The summed E-state index contributed by atoms with van der Waals surface area (Å²) in [4.78, 5) is 24.7. The minimum atomic E-state index is 0. The largest absolute Gasteiger partial charge is 0.356 e. The summed E-state index contributed by atoms with van der Waals surface area (Å²) in [5, 5.41) is 6.17. The van der Waals surface area contributed by atoms with E-state index in [2.05, 4.69) is 17.6 Å². The van der Waals surface area contributed by atoms with E-state index in [4.69, 9.17) is 0 Å². The van der Waals surface area contributed by atoms with Crippen molar-refractivity contribution >= 4 is 24.2 Å². The summed E-state index contributed by atoms with van der Waals surface area (Å²) in [6.07, 6.45) is 3.27. The molecule has 1 rings (SSSR count). The van der Waals surface area contributed by atoms with Crippen molar-refractivity contribution in [1.82, 2.24) is 15.5 Å². The second-order valence-corrected chi connectivity index (χ2v) is 5.66. The van der Waals surface area contributed by atoms with Crippen LogP contribution in [0.1, 0.15) is 32.6 Å². The Kier molecular flexibility index (Phi) is 9.59. The zero-order valence-corrected chi connectivity index (χ0v) is 13.6. The first kappa shape index (κ1) is 19.2. The molecule has 0 aromatic carbocycles. The van der Waals surface area contributed by atoms with Crippen LogP contribution in [0, 0.1) is 11.8 Å². The molecule has 0 saturated carbocycles. The van der Waals surface area contributed by atoms with Gasteiger partial charge < -0.3 is 15.5 Å².